The number of furan rings is 1. The monoisotopic (exact) mass is 485 g/mol. The van der Waals surface area contributed by atoms with Gasteiger partial charge < -0.3 is 9.32 Å². The number of nitriles is 1. The molecule has 0 radical (unpaired) electrons. The van der Waals surface area contributed by atoms with Crippen LogP contribution in [-0.2, 0) is 11.3 Å². The number of anilines is 1. The van der Waals surface area contributed by atoms with Gasteiger partial charge in [-0.1, -0.05) is 48.2 Å². The van der Waals surface area contributed by atoms with Crippen LogP contribution in [-0.4, -0.2) is 33.0 Å². The normalized spacial score (nSPS) is 10.8. The Bertz CT molecular complexity index is 1350. The minimum Gasteiger partial charge on any atom is -0.469 e. The van der Waals surface area contributed by atoms with Gasteiger partial charge in [0.1, 0.15) is 5.76 Å². The van der Waals surface area contributed by atoms with Crippen LogP contribution in [0, 0.1) is 32.1 Å². The summed E-state index contributed by atoms with van der Waals surface area (Å²) in [5.41, 5.74) is 5.04. The summed E-state index contributed by atoms with van der Waals surface area (Å²) in [6, 6.07) is 20.0. The van der Waals surface area contributed by atoms with E-state index in [1.54, 1.807) is 11.2 Å². The van der Waals surface area contributed by atoms with Gasteiger partial charge in [0, 0.05) is 12.2 Å². The zero-order valence-corrected chi connectivity index (χ0v) is 20.9. The third-order valence-electron chi connectivity index (χ3n) is 5.88. The molecule has 0 N–H and O–H groups in total. The van der Waals surface area contributed by atoms with Gasteiger partial charge in [-0.3, -0.25) is 9.36 Å². The molecule has 178 valence electrons. The van der Waals surface area contributed by atoms with Crippen LogP contribution >= 0.6 is 11.8 Å². The smallest absolute Gasteiger partial charge is 0.237 e. The standard InChI is InChI=1S/C27H27N5O2S/c1-19-10-11-23(16-20(19)2)31(14-7-13-28)25(33)18-35-27-30-29-26(24-12-15-34-21(24)3)32(27)17-22-8-5-4-6-9-22/h4-6,8-12,15-16H,7,14,17-18H2,1-3H3. The molecule has 0 saturated carbocycles. The Kier molecular flexibility index (Phi) is 7.68. The van der Waals surface area contributed by atoms with Crippen molar-refractivity contribution in [3.8, 4) is 17.5 Å². The molecule has 0 aliphatic rings. The number of thioether (sulfide) groups is 1. The summed E-state index contributed by atoms with van der Waals surface area (Å²) < 4.78 is 7.51. The minimum atomic E-state index is -0.0798. The number of aromatic nitrogens is 3. The van der Waals surface area contributed by atoms with Gasteiger partial charge in [0.25, 0.3) is 0 Å². The summed E-state index contributed by atoms with van der Waals surface area (Å²) >= 11 is 1.35. The van der Waals surface area contributed by atoms with Gasteiger partial charge in [0.2, 0.25) is 5.91 Å². The second-order valence-corrected chi connectivity index (χ2v) is 9.22. The highest BCUT2D eigenvalue weighted by Gasteiger charge is 2.21. The first-order valence-corrected chi connectivity index (χ1v) is 12.4. The molecule has 0 unspecified atom stereocenters. The van der Waals surface area contributed by atoms with Crippen molar-refractivity contribution in [1.82, 2.24) is 14.8 Å². The van der Waals surface area contributed by atoms with E-state index in [0.717, 1.165) is 33.7 Å². The molecule has 4 aromatic rings. The van der Waals surface area contributed by atoms with Gasteiger partial charge in [-0.25, -0.2) is 0 Å². The maximum Gasteiger partial charge on any atom is 0.237 e. The van der Waals surface area contributed by atoms with Gasteiger partial charge >= 0.3 is 0 Å². The molecule has 8 heteroatoms. The molecule has 2 aromatic heterocycles. The fourth-order valence-corrected chi connectivity index (χ4v) is 4.59. The van der Waals surface area contributed by atoms with E-state index in [1.165, 1.54) is 11.8 Å². The van der Waals surface area contributed by atoms with E-state index in [4.69, 9.17) is 9.68 Å². The third-order valence-corrected chi connectivity index (χ3v) is 6.83. The highest BCUT2D eigenvalue weighted by Crippen LogP contribution is 2.29. The lowest BCUT2D eigenvalue weighted by Crippen LogP contribution is -2.33. The highest BCUT2D eigenvalue weighted by molar-refractivity contribution is 7.99. The molecule has 7 nitrogen and oxygen atoms in total. The zero-order chi connectivity index (χ0) is 24.8. The Morgan fingerprint density at radius 3 is 2.57 bits per heavy atom. The Labute approximate surface area is 209 Å². The molecule has 0 atom stereocenters. The zero-order valence-electron chi connectivity index (χ0n) is 20.1. The van der Waals surface area contributed by atoms with Crippen LogP contribution in [0.25, 0.3) is 11.4 Å². The first-order valence-electron chi connectivity index (χ1n) is 11.4. The van der Waals surface area contributed by atoms with E-state index in [0.29, 0.717) is 24.1 Å². The predicted molar refractivity (Wildman–Crippen MR) is 137 cm³/mol. The van der Waals surface area contributed by atoms with Crippen molar-refractivity contribution in [1.29, 1.82) is 5.26 Å². The maximum absolute atomic E-state index is 13.3. The molecule has 2 aromatic carbocycles. The molecule has 0 aliphatic heterocycles. The quantitative estimate of drug-likeness (QED) is 0.289. The number of amides is 1. The molecule has 1 amide bonds. The highest BCUT2D eigenvalue weighted by atomic mass is 32.2. The number of nitrogens with zero attached hydrogens (tertiary/aromatic N) is 5. The van der Waals surface area contributed by atoms with Crippen molar-refractivity contribution < 1.29 is 9.21 Å². The van der Waals surface area contributed by atoms with Gasteiger partial charge in [-0.05, 0) is 55.7 Å². The summed E-state index contributed by atoms with van der Waals surface area (Å²) in [4.78, 5) is 15.0. The van der Waals surface area contributed by atoms with E-state index in [-0.39, 0.29) is 18.1 Å². The lowest BCUT2D eigenvalue weighted by atomic mass is 10.1. The van der Waals surface area contributed by atoms with Crippen LogP contribution in [0.15, 0.2) is 70.4 Å². The third kappa shape index (κ3) is 5.64. The van der Waals surface area contributed by atoms with E-state index in [1.807, 2.05) is 67.8 Å². The Morgan fingerprint density at radius 2 is 1.89 bits per heavy atom. The lowest BCUT2D eigenvalue weighted by Gasteiger charge is -2.22. The Hall–Kier alpha value is -3.83. The molecular weight excluding hydrogens is 458 g/mol. The van der Waals surface area contributed by atoms with Crippen LogP contribution < -0.4 is 4.90 Å². The van der Waals surface area contributed by atoms with Crippen LogP contribution in [0.1, 0.15) is 28.9 Å². The summed E-state index contributed by atoms with van der Waals surface area (Å²) in [7, 11) is 0. The molecule has 0 saturated heterocycles. The Morgan fingerprint density at radius 1 is 1.09 bits per heavy atom. The number of carbonyl (C=O) groups is 1. The fraction of sp³-hybridized carbons (Fsp3) is 0.259. The first kappa shape index (κ1) is 24.3. The summed E-state index contributed by atoms with van der Waals surface area (Å²) in [5.74, 6) is 1.56. The van der Waals surface area contributed by atoms with Gasteiger partial charge in [0.15, 0.2) is 11.0 Å². The average Bonchev–Trinajstić information content (AvgIpc) is 3.46. The topological polar surface area (TPSA) is 87.9 Å². The number of hydrogen-bond acceptors (Lipinski definition) is 6. The van der Waals surface area contributed by atoms with Crippen molar-refractivity contribution in [3.05, 3.63) is 83.3 Å². The summed E-state index contributed by atoms with van der Waals surface area (Å²) in [5, 5.41) is 18.6. The second kappa shape index (κ2) is 11.1. The van der Waals surface area contributed by atoms with Crippen molar-refractivity contribution in [2.45, 2.75) is 38.9 Å². The number of aryl methyl sites for hydroxylation is 3. The average molecular weight is 486 g/mol. The summed E-state index contributed by atoms with van der Waals surface area (Å²) in [6.07, 6.45) is 1.90. The molecule has 0 fully saturated rings. The predicted octanol–water partition coefficient (Wildman–Crippen LogP) is 5.55. The van der Waals surface area contributed by atoms with Crippen molar-refractivity contribution in [2.75, 3.05) is 17.2 Å². The fourth-order valence-electron chi connectivity index (χ4n) is 3.78. The Balaban J connectivity index is 1.59. The van der Waals surface area contributed by atoms with Gasteiger partial charge in [0.05, 0.1) is 36.6 Å². The van der Waals surface area contributed by atoms with Gasteiger partial charge in [-0.2, -0.15) is 5.26 Å². The second-order valence-electron chi connectivity index (χ2n) is 8.28. The van der Waals surface area contributed by atoms with Gasteiger partial charge in [-0.15, -0.1) is 10.2 Å². The largest absolute Gasteiger partial charge is 0.469 e. The van der Waals surface area contributed by atoms with E-state index in [9.17, 15) is 4.79 Å². The van der Waals surface area contributed by atoms with Crippen LogP contribution in [0.3, 0.4) is 0 Å². The number of carbonyl (C=O) groups excluding carboxylic acids is 1. The molecule has 0 aliphatic carbocycles. The SMILES string of the molecule is Cc1ccc(N(CCC#N)C(=O)CSc2nnc(-c3ccoc3C)n2Cc2ccccc2)cc1C. The molecule has 35 heavy (non-hydrogen) atoms. The van der Waals surface area contributed by atoms with Crippen LogP contribution in [0.4, 0.5) is 5.69 Å². The number of rotatable bonds is 9. The van der Waals surface area contributed by atoms with Crippen LogP contribution in [0.2, 0.25) is 0 Å². The maximum atomic E-state index is 13.3. The molecule has 0 bridgehead atoms. The molecule has 0 spiro atoms. The first-order chi connectivity index (χ1) is 17.0. The molecule has 2 heterocycles. The summed E-state index contributed by atoms with van der Waals surface area (Å²) in [6.45, 7) is 6.86. The van der Waals surface area contributed by atoms with E-state index < -0.39 is 0 Å². The van der Waals surface area contributed by atoms with E-state index in [2.05, 4.69) is 28.4 Å². The molecular formula is C27H27N5O2S. The number of benzene rings is 2. The van der Waals surface area contributed by atoms with Crippen molar-refractivity contribution in [3.63, 3.8) is 0 Å². The lowest BCUT2D eigenvalue weighted by molar-refractivity contribution is -0.116. The molecule has 4 rings (SSSR count). The van der Waals surface area contributed by atoms with E-state index >= 15 is 0 Å². The number of hydrogen-bond donors (Lipinski definition) is 0. The van der Waals surface area contributed by atoms with Crippen molar-refractivity contribution in [2.24, 2.45) is 0 Å². The minimum absolute atomic E-state index is 0.0798. The van der Waals surface area contributed by atoms with Crippen molar-refractivity contribution >= 4 is 23.4 Å². The van der Waals surface area contributed by atoms with Crippen LogP contribution in [0.5, 0.6) is 0 Å².